The molecule has 0 radical (unpaired) electrons. The Morgan fingerprint density at radius 1 is 1.17 bits per heavy atom. The number of hydrogen-bond acceptors (Lipinski definition) is 2. The van der Waals surface area contributed by atoms with Crippen LogP contribution in [0.3, 0.4) is 0 Å². The average molecular weight is 380 g/mol. The molecule has 0 spiro atoms. The van der Waals surface area contributed by atoms with E-state index in [1.54, 1.807) is 7.11 Å². The van der Waals surface area contributed by atoms with Crippen LogP contribution in [0, 0.1) is 0 Å². The third-order valence-electron chi connectivity index (χ3n) is 2.69. The largest absolute Gasteiger partial charge is 0.493 e. The van der Waals surface area contributed by atoms with Crippen molar-refractivity contribution in [3.63, 3.8) is 0 Å². The van der Waals surface area contributed by atoms with Crippen LogP contribution in [-0.4, -0.2) is 13.7 Å². The summed E-state index contributed by atoms with van der Waals surface area (Å²) in [6, 6.07) is 4.06. The van der Waals surface area contributed by atoms with E-state index in [2.05, 4.69) is 44.8 Å². The lowest BCUT2D eigenvalue weighted by molar-refractivity contribution is 0.283. The van der Waals surface area contributed by atoms with Crippen LogP contribution in [0.5, 0.6) is 11.5 Å². The summed E-state index contributed by atoms with van der Waals surface area (Å²) in [7, 11) is 1.67. The first-order valence-electron chi connectivity index (χ1n) is 6.28. The molecule has 0 aromatic heterocycles. The summed E-state index contributed by atoms with van der Waals surface area (Å²) in [6.07, 6.45) is 4.82. The summed E-state index contributed by atoms with van der Waals surface area (Å²) in [6.45, 7) is 2.95. The van der Waals surface area contributed by atoms with Gasteiger partial charge in [-0.1, -0.05) is 42.1 Å². The number of benzene rings is 1. The first-order valence-corrected chi connectivity index (χ1v) is 8.19. The van der Waals surface area contributed by atoms with Crippen LogP contribution in [0.1, 0.15) is 38.2 Å². The van der Waals surface area contributed by atoms with Crippen LogP contribution >= 0.6 is 31.9 Å². The van der Waals surface area contributed by atoms with E-state index in [4.69, 9.17) is 9.47 Å². The van der Waals surface area contributed by atoms with E-state index in [0.717, 1.165) is 39.9 Å². The Kier molecular flexibility index (Phi) is 7.75. The molecule has 1 aromatic rings. The Morgan fingerprint density at radius 3 is 2.56 bits per heavy atom. The molecule has 0 fully saturated rings. The highest BCUT2D eigenvalue weighted by Crippen LogP contribution is 2.37. The standard InChI is InChI=1S/C14H20Br2O2/c1-3-4-5-6-7-18-14-12(16)8-11(10-15)9-13(14)17-2/h8-9H,3-7,10H2,1-2H3. The Labute approximate surface area is 126 Å². The number of alkyl halides is 1. The van der Waals surface area contributed by atoms with Crippen molar-refractivity contribution in [1.82, 2.24) is 0 Å². The van der Waals surface area contributed by atoms with Crippen molar-refractivity contribution in [2.75, 3.05) is 13.7 Å². The Morgan fingerprint density at radius 2 is 1.94 bits per heavy atom. The smallest absolute Gasteiger partial charge is 0.175 e. The number of hydrogen-bond donors (Lipinski definition) is 0. The highest BCUT2D eigenvalue weighted by molar-refractivity contribution is 9.10. The van der Waals surface area contributed by atoms with Gasteiger partial charge < -0.3 is 9.47 Å². The highest BCUT2D eigenvalue weighted by atomic mass is 79.9. The van der Waals surface area contributed by atoms with Crippen LogP contribution in [0.4, 0.5) is 0 Å². The van der Waals surface area contributed by atoms with Gasteiger partial charge in [0.05, 0.1) is 18.2 Å². The van der Waals surface area contributed by atoms with E-state index in [1.807, 2.05) is 6.07 Å². The molecule has 0 saturated carbocycles. The van der Waals surface area contributed by atoms with Gasteiger partial charge in [0.25, 0.3) is 0 Å². The minimum absolute atomic E-state index is 0.739. The normalized spacial score (nSPS) is 10.4. The first kappa shape index (κ1) is 15.8. The summed E-state index contributed by atoms with van der Waals surface area (Å²) in [5.41, 5.74) is 1.16. The van der Waals surface area contributed by atoms with Crippen LogP contribution in [-0.2, 0) is 5.33 Å². The number of rotatable bonds is 8. The molecule has 1 rings (SSSR count). The zero-order chi connectivity index (χ0) is 13.4. The second kappa shape index (κ2) is 8.81. The minimum Gasteiger partial charge on any atom is -0.493 e. The van der Waals surface area contributed by atoms with Gasteiger partial charge in [-0.2, -0.15) is 0 Å². The van der Waals surface area contributed by atoms with E-state index in [0.29, 0.717) is 0 Å². The van der Waals surface area contributed by atoms with Gasteiger partial charge in [-0.15, -0.1) is 0 Å². The minimum atomic E-state index is 0.739. The maximum atomic E-state index is 5.82. The summed E-state index contributed by atoms with van der Waals surface area (Å²) >= 11 is 6.98. The summed E-state index contributed by atoms with van der Waals surface area (Å²) in [4.78, 5) is 0. The zero-order valence-electron chi connectivity index (χ0n) is 11.0. The van der Waals surface area contributed by atoms with E-state index >= 15 is 0 Å². The van der Waals surface area contributed by atoms with Crippen molar-refractivity contribution in [3.8, 4) is 11.5 Å². The van der Waals surface area contributed by atoms with Crippen LogP contribution in [0.25, 0.3) is 0 Å². The molecule has 0 aliphatic carbocycles. The monoisotopic (exact) mass is 378 g/mol. The van der Waals surface area contributed by atoms with E-state index in [-0.39, 0.29) is 0 Å². The molecule has 0 bridgehead atoms. The molecule has 0 N–H and O–H groups in total. The third-order valence-corrected chi connectivity index (χ3v) is 3.92. The molecule has 0 atom stereocenters. The lowest BCUT2D eigenvalue weighted by Gasteiger charge is -2.13. The number of halogens is 2. The Balaban J connectivity index is 2.63. The van der Waals surface area contributed by atoms with Gasteiger partial charge in [0, 0.05) is 5.33 Å². The fourth-order valence-corrected chi connectivity index (χ4v) is 2.62. The van der Waals surface area contributed by atoms with Crippen molar-refractivity contribution in [2.24, 2.45) is 0 Å². The maximum Gasteiger partial charge on any atom is 0.175 e. The molecular weight excluding hydrogens is 360 g/mol. The molecule has 1 aromatic carbocycles. The lowest BCUT2D eigenvalue weighted by atomic mass is 10.2. The van der Waals surface area contributed by atoms with Gasteiger partial charge in [0.15, 0.2) is 11.5 Å². The van der Waals surface area contributed by atoms with E-state index < -0.39 is 0 Å². The summed E-state index contributed by atoms with van der Waals surface area (Å²) < 4.78 is 12.1. The molecule has 0 heterocycles. The SMILES string of the molecule is CCCCCCOc1c(Br)cc(CBr)cc1OC. The number of unbranched alkanes of at least 4 members (excludes halogenated alkanes) is 3. The van der Waals surface area contributed by atoms with Gasteiger partial charge in [-0.05, 0) is 40.0 Å². The molecule has 4 heteroatoms. The highest BCUT2D eigenvalue weighted by Gasteiger charge is 2.11. The Bertz CT molecular complexity index is 367. The van der Waals surface area contributed by atoms with Gasteiger partial charge >= 0.3 is 0 Å². The summed E-state index contributed by atoms with van der Waals surface area (Å²) in [5, 5.41) is 0.804. The topological polar surface area (TPSA) is 18.5 Å². The maximum absolute atomic E-state index is 5.82. The van der Waals surface area contributed by atoms with Crippen LogP contribution < -0.4 is 9.47 Å². The lowest BCUT2D eigenvalue weighted by Crippen LogP contribution is -2.01. The zero-order valence-corrected chi connectivity index (χ0v) is 14.1. The quantitative estimate of drug-likeness (QED) is 0.450. The van der Waals surface area contributed by atoms with Gasteiger partial charge in [-0.25, -0.2) is 0 Å². The summed E-state index contributed by atoms with van der Waals surface area (Å²) in [5.74, 6) is 1.59. The second-order valence-corrected chi connectivity index (χ2v) is 5.57. The fourth-order valence-electron chi connectivity index (χ4n) is 1.69. The molecule has 0 aliphatic heterocycles. The number of ether oxygens (including phenoxy) is 2. The number of methoxy groups -OCH3 is 1. The predicted octanol–water partition coefficient (Wildman–Crippen LogP) is 5.31. The first-order chi connectivity index (χ1) is 8.72. The second-order valence-electron chi connectivity index (χ2n) is 4.15. The molecule has 0 unspecified atom stereocenters. The van der Waals surface area contributed by atoms with Gasteiger partial charge in [0.2, 0.25) is 0 Å². The van der Waals surface area contributed by atoms with Gasteiger partial charge in [-0.3, -0.25) is 0 Å². The van der Waals surface area contributed by atoms with Gasteiger partial charge in [0.1, 0.15) is 0 Å². The van der Waals surface area contributed by atoms with Crippen LogP contribution in [0.15, 0.2) is 16.6 Å². The average Bonchev–Trinajstić information content (AvgIpc) is 2.39. The molecular formula is C14H20Br2O2. The predicted molar refractivity (Wildman–Crippen MR) is 83.0 cm³/mol. The fraction of sp³-hybridized carbons (Fsp3) is 0.571. The molecule has 102 valence electrons. The molecule has 18 heavy (non-hydrogen) atoms. The molecule has 0 aliphatic rings. The van der Waals surface area contributed by atoms with Crippen molar-refractivity contribution in [1.29, 1.82) is 0 Å². The van der Waals surface area contributed by atoms with Crippen LogP contribution in [0.2, 0.25) is 0 Å². The molecule has 2 nitrogen and oxygen atoms in total. The van der Waals surface area contributed by atoms with E-state index in [1.165, 1.54) is 19.3 Å². The van der Waals surface area contributed by atoms with Crippen molar-refractivity contribution in [2.45, 2.75) is 37.9 Å². The van der Waals surface area contributed by atoms with E-state index in [9.17, 15) is 0 Å². The van der Waals surface area contributed by atoms with Crippen molar-refractivity contribution in [3.05, 3.63) is 22.2 Å². The molecule has 0 saturated heterocycles. The third kappa shape index (κ3) is 4.81. The molecule has 0 amide bonds. The Hall–Kier alpha value is -0.220. The van der Waals surface area contributed by atoms with Crippen molar-refractivity contribution >= 4 is 31.9 Å². The van der Waals surface area contributed by atoms with Crippen molar-refractivity contribution < 1.29 is 9.47 Å².